The van der Waals surface area contributed by atoms with Gasteiger partial charge in [0.25, 0.3) is 5.91 Å². The molecule has 1 N–H and O–H groups in total. The Bertz CT molecular complexity index is 1020. The van der Waals surface area contributed by atoms with Gasteiger partial charge in [-0.25, -0.2) is 0 Å². The number of fused-ring (bicyclic) bond motifs is 1. The minimum atomic E-state index is -0.272. The molecule has 1 saturated heterocycles. The predicted molar refractivity (Wildman–Crippen MR) is 123 cm³/mol. The lowest BCUT2D eigenvalue weighted by Crippen LogP contribution is -2.44. The second-order valence-electron chi connectivity index (χ2n) is 8.55. The van der Waals surface area contributed by atoms with Crippen molar-refractivity contribution in [2.24, 2.45) is 13.0 Å². The standard InChI is InChI=1S/C24H31N5O4/c1-3-33-16-21(30)28-13-11-20-19(15-28)22(26-27(20)2)24(32)29-12-7-8-17(14-29)23(31)25-18-9-5-4-6-10-18/h4-6,9-10,17H,3,7-8,11-16H2,1-2H3,(H,25,31)/t17-/m0/s1. The van der Waals surface area contributed by atoms with Gasteiger partial charge in [0.1, 0.15) is 6.61 Å². The molecule has 0 spiro atoms. The first-order valence-corrected chi connectivity index (χ1v) is 11.5. The fraction of sp³-hybridized carbons (Fsp3) is 0.500. The summed E-state index contributed by atoms with van der Waals surface area (Å²) in [6.07, 6.45) is 2.14. The molecule has 2 aromatic rings. The summed E-state index contributed by atoms with van der Waals surface area (Å²) in [6, 6.07) is 9.35. The number of hydrogen-bond donors (Lipinski definition) is 1. The topological polar surface area (TPSA) is 96.8 Å². The van der Waals surface area contributed by atoms with Crippen LogP contribution in [0.5, 0.6) is 0 Å². The first kappa shape index (κ1) is 23.0. The van der Waals surface area contributed by atoms with Crippen LogP contribution in [0.2, 0.25) is 0 Å². The van der Waals surface area contributed by atoms with E-state index in [2.05, 4.69) is 10.4 Å². The van der Waals surface area contributed by atoms with Crippen LogP contribution in [-0.2, 0) is 34.3 Å². The van der Waals surface area contributed by atoms with Gasteiger partial charge in [0, 0.05) is 63.2 Å². The Morgan fingerprint density at radius 1 is 1.15 bits per heavy atom. The average Bonchev–Trinajstić information content (AvgIpc) is 3.18. The monoisotopic (exact) mass is 453 g/mol. The van der Waals surface area contributed by atoms with Crippen molar-refractivity contribution < 1.29 is 19.1 Å². The zero-order valence-electron chi connectivity index (χ0n) is 19.2. The number of nitrogens with one attached hydrogen (secondary N) is 1. The van der Waals surface area contributed by atoms with Crippen molar-refractivity contribution in [2.75, 3.05) is 38.2 Å². The van der Waals surface area contributed by atoms with Crippen molar-refractivity contribution in [2.45, 2.75) is 32.7 Å². The van der Waals surface area contributed by atoms with Crippen molar-refractivity contribution in [1.82, 2.24) is 19.6 Å². The highest BCUT2D eigenvalue weighted by molar-refractivity contribution is 5.96. The minimum absolute atomic E-state index is 0.0414. The molecule has 1 aromatic carbocycles. The first-order valence-electron chi connectivity index (χ1n) is 11.5. The molecule has 1 aromatic heterocycles. The first-order chi connectivity index (χ1) is 16.0. The van der Waals surface area contributed by atoms with Gasteiger partial charge in [-0.05, 0) is 31.9 Å². The number of ether oxygens (including phenoxy) is 1. The van der Waals surface area contributed by atoms with Crippen LogP contribution in [0.15, 0.2) is 30.3 Å². The second-order valence-corrected chi connectivity index (χ2v) is 8.55. The zero-order chi connectivity index (χ0) is 23.4. The average molecular weight is 454 g/mol. The Morgan fingerprint density at radius 2 is 1.94 bits per heavy atom. The Kier molecular flexibility index (Phi) is 7.08. The smallest absolute Gasteiger partial charge is 0.274 e. The fourth-order valence-corrected chi connectivity index (χ4v) is 4.55. The van der Waals surface area contributed by atoms with Gasteiger partial charge >= 0.3 is 0 Å². The van der Waals surface area contributed by atoms with Gasteiger partial charge in [0.2, 0.25) is 11.8 Å². The van der Waals surface area contributed by atoms with Crippen LogP contribution in [0.3, 0.4) is 0 Å². The number of anilines is 1. The van der Waals surface area contributed by atoms with Gasteiger partial charge in [0.15, 0.2) is 5.69 Å². The van der Waals surface area contributed by atoms with Gasteiger partial charge in [-0.15, -0.1) is 0 Å². The number of aromatic nitrogens is 2. The summed E-state index contributed by atoms with van der Waals surface area (Å²) < 4.78 is 7.01. The predicted octanol–water partition coefficient (Wildman–Crippen LogP) is 1.83. The number of hydrogen-bond acceptors (Lipinski definition) is 5. The molecule has 2 aliphatic heterocycles. The van der Waals surface area contributed by atoms with Crippen molar-refractivity contribution in [3.8, 4) is 0 Å². The lowest BCUT2D eigenvalue weighted by Gasteiger charge is -2.32. The summed E-state index contributed by atoms with van der Waals surface area (Å²) >= 11 is 0. The quantitative estimate of drug-likeness (QED) is 0.720. The number of carbonyl (C=O) groups is 3. The van der Waals surface area contributed by atoms with E-state index < -0.39 is 0 Å². The molecule has 1 fully saturated rings. The van der Waals surface area contributed by atoms with E-state index in [-0.39, 0.29) is 30.2 Å². The highest BCUT2D eigenvalue weighted by Gasteiger charge is 2.34. The second kappa shape index (κ2) is 10.2. The Balaban J connectivity index is 1.46. The number of benzene rings is 1. The Morgan fingerprint density at radius 3 is 2.70 bits per heavy atom. The lowest BCUT2D eigenvalue weighted by molar-refractivity contribution is -0.137. The van der Waals surface area contributed by atoms with E-state index in [9.17, 15) is 14.4 Å². The molecule has 4 rings (SSSR count). The van der Waals surface area contributed by atoms with Gasteiger partial charge in [-0.2, -0.15) is 5.10 Å². The SMILES string of the molecule is CCOCC(=O)N1CCc2c(c(C(=O)N3CCC[C@H](C(=O)Nc4ccccc4)C3)nn2C)C1. The van der Waals surface area contributed by atoms with Crippen LogP contribution in [0.1, 0.15) is 41.5 Å². The van der Waals surface area contributed by atoms with E-state index in [0.717, 1.165) is 29.8 Å². The fourth-order valence-electron chi connectivity index (χ4n) is 4.55. The van der Waals surface area contributed by atoms with Gasteiger partial charge in [0.05, 0.1) is 5.92 Å². The zero-order valence-corrected chi connectivity index (χ0v) is 19.2. The number of amides is 3. The highest BCUT2D eigenvalue weighted by atomic mass is 16.5. The maximum Gasteiger partial charge on any atom is 0.274 e. The third kappa shape index (κ3) is 5.08. The number of para-hydroxylation sites is 1. The molecule has 176 valence electrons. The van der Waals surface area contributed by atoms with E-state index in [1.165, 1.54) is 0 Å². The molecule has 3 amide bonds. The molecular formula is C24H31N5O4. The molecule has 9 nitrogen and oxygen atoms in total. The molecular weight excluding hydrogens is 422 g/mol. The molecule has 0 bridgehead atoms. The number of likely N-dealkylation sites (tertiary alicyclic amines) is 1. The van der Waals surface area contributed by atoms with Crippen molar-refractivity contribution in [1.29, 1.82) is 0 Å². The van der Waals surface area contributed by atoms with Gasteiger partial charge in [-0.1, -0.05) is 18.2 Å². The molecule has 0 radical (unpaired) electrons. The van der Waals surface area contributed by atoms with Gasteiger partial charge in [-0.3, -0.25) is 19.1 Å². The molecule has 0 unspecified atom stereocenters. The van der Waals surface area contributed by atoms with Crippen LogP contribution in [0.4, 0.5) is 5.69 Å². The van der Waals surface area contributed by atoms with E-state index in [1.54, 1.807) is 14.5 Å². The Hall–Kier alpha value is -3.20. The number of rotatable bonds is 6. The normalized spacial score (nSPS) is 18.1. The Labute approximate surface area is 193 Å². The van der Waals surface area contributed by atoms with Crippen molar-refractivity contribution >= 4 is 23.4 Å². The van der Waals surface area contributed by atoms with Crippen LogP contribution in [0.25, 0.3) is 0 Å². The summed E-state index contributed by atoms with van der Waals surface area (Å²) in [6.45, 7) is 4.25. The largest absolute Gasteiger partial charge is 0.372 e. The maximum atomic E-state index is 13.5. The molecule has 9 heteroatoms. The molecule has 3 heterocycles. The maximum absolute atomic E-state index is 13.5. The minimum Gasteiger partial charge on any atom is -0.372 e. The highest BCUT2D eigenvalue weighted by Crippen LogP contribution is 2.26. The van der Waals surface area contributed by atoms with E-state index in [1.807, 2.05) is 44.3 Å². The van der Waals surface area contributed by atoms with E-state index >= 15 is 0 Å². The number of nitrogens with zero attached hydrogens (tertiary/aromatic N) is 4. The molecule has 0 aliphatic carbocycles. The summed E-state index contributed by atoms with van der Waals surface area (Å²) in [7, 11) is 1.83. The van der Waals surface area contributed by atoms with Crippen molar-refractivity contribution in [3.05, 3.63) is 47.3 Å². The summed E-state index contributed by atoms with van der Waals surface area (Å²) in [5.74, 6) is -0.607. The van der Waals surface area contributed by atoms with E-state index in [4.69, 9.17) is 4.74 Å². The number of aryl methyl sites for hydroxylation is 1. The number of piperidine rings is 1. The number of carbonyl (C=O) groups excluding carboxylic acids is 3. The third-order valence-corrected chi connectivity index (χ3v) is 6.35. The molecule has 33 heavy (non-hydrogen) atoms. The molecule has 1 atom stereocenters. The van der Waals surface area contributed by atoms with Gasteiger partial charge < -0.3 is 19.9 Å². The summed E-state index contributed by atoms with van der Waals surface area (Å²) in [4.78, 5) is 42.1. The lowest BCUT2D eigenvalue weighted by atomic mass is 9.96. The third-order valence-electron chi connectivity index (χ3n) is 6.35. The molecule has 2 aliphatic rings. The van der Waals surface area contributed by atoms with Crippen LogP contribution in [0, 0.1) is 5.92 Å². The van der Waals surface area contributed by atoms with Crippen molar-refractivity contribution in [3.63, 3.8) is 0 Å². The van der Waals surface area contributed by atoms with E-state index in [0.29, 0.717) is 44.9 Å². The van der Waals surface area contributed by atoms with Crippen LogP contribution in [-0.4, -0.2) is 70.1 Å². The molecule has 0 saturated carbocycles. The van der Waals surface area contributed by atoms with Crippen LogP contribution >= 0.6 is 0 Å². The summed E-state index contributed by atoms with van der Waals surface area (Å²) in [5.41, 5.74) is 2.91. The van der Waals surface area contributed by atoms with Crippen LogP contribution < -0.4 is 5.32 Å². The summed E-state index contributed by atoms with van der Waals surface area (Å²) in [5, 5.41) is 7.46.